The van der Waals surface area contributed by atoms with Crippen molar-refractivity contribution in [3.8, 4) is 5.75 Å². The van der Waals surface area contributed by atoms with E-state index in [1.165, 1.54) is 31.4 Å². The lowest BCUT2D eigenvalue weighted by Crippen LogP contribution is -2.36. The van der Waals surface area contributed by atoms with Crippen molar-refractivity contribution in [2.45, 2.75) is 58.9 Å². The van der Waals surface area contributed by atoms with Crippen LogP contribution in [-0.4, -0.2) is 18.7 Å². The largest absolute Gasteiger partial charge is 0.493 e. The van der Waals surface area contributed by atoms with Crippen LogP contribution in [0.4, 0.5) is 4.39 Å². The summed E-state index contributed by atoms with van der Waals surface area (Å²) in [6, 6.07) is 4.66. The third-order valence-corrected chi connectivity index (χ3v) is 3.12. The lowest BCUT2D eigenvalue weighted by Gasteiger charge is -2.20. The maximum Gasteiger partial charge on any atom is 0.123 e. The Hall–Kier alpha value is -1.09. The topological polar surface area (TPSA) is 21.3 Å². The average molecular weight is 281 g/mol. The molecule has 0 saturated carbocycles. The highest BCUT2D eigenvalue weighted by atomic mass is 19.1. The van der Waals surface area contributed by atoms with Gasteiger partial charge in [-0.1, -0.05) is 12.8 Å². The molecule has 0 spiro atoms. The summed E-state index contributed by atoms with van der Waals surface area (Å²) >= 11 is 0. The number of unbranched alkanes of at least 4 members (excludes halogenated alkanes) is 3. The van der Waals surface area contributed by atoms with Crippen LogP contribution >= 0.6 is 0 Å². The van der Waals surface area contributed by atoms with E-state index >= 15 is 0 Å². The SMILES string of the molecule is Cc1cc(F)ccc1OCCCCCCNC(C)(C)C. The summed E-state index contributed by atoms with van der Waals surface area (Å²) in [7, 11) is 0. The van der Waals surface area contributed by atoms with Crippen molar-refractivity contribution in [3.63, 3.8) is 0 Å². The van der Waals surface area contributed by atoms with E-state index in [1.54, 1.807) is 6.07 Å². The third-order valence-electron chi connectivity index (χ3n) is 3.12. The molecule has 1 aromatic rings. The molecule has 20 heavy (non-hydrogen) atoms. The van der Waals surface area contributed by atoms with Crippen LogP contribution in [0.15, 0.2) is 18.2 Å². The molecule has 0 atom stereocenters. The second-order valence-electron chi connectivity index (χ2n) is 6.35. The van der Waals surface area contributed by atoms with Gasteiger partial charge in [-0.15, -0.1) is 0 Å². The first kappa shape index (κ1) is 17.0. The van der Waals surface area contributed by atoms with E-state index in [4.69, 9.17) is 4.74 Å². The van der Waals surface area contributed by atoms with E-state index in [1.807, 2.05) is 6.92 Å². The van der Waals surface area contributed by atoms with Crippen LogP contribution in [0, 0.1) is 12.7 Å². The van der Waals surface area contributed by atoms with E-state index in [0.717, 1.165) is 24.3 Å². The molecule has 0 fully saturated rings. The Balaban J connectivity index is 2.05. The van der Waals surface area contributed by atoms with E-state index in [0.29, 0.717) is 6.61 Å². The van der Waals surface area contributed by atoms with Gasteiger partial charge in [0, 0.05) is 5.54 Å². The molecule has 0 bridgehead atoms. The van der Waals surface area contributed by atoms with Gasteiger partial charge in [0.25, 0.3) is 0 Å². The van der Waals surface area contributed by atoms with Crippen molar-refractivity contribution in [3.05, 3.63) is 29.6 Å². The number of benzene rings is 1. The number of hydrogen-bond acceptors (Lipinski definition) is 2. The van der Waals surface area contributed by atoms with E-state index in [2.05, 4.69) is 26.1 Å². The van der Waals surface area contributed by atoms with Gasteiger partial charge >= 0.3 is 0 Å². The molecular formula is C17H28FNO. The smallest absolute Gasteiger partial charge is 0.123 e. The van der Waals surface area contributed by atoms with Gasteiger partial charge in [0.05, 0.1) is 6.61 Å². The molecule has 0 aromatic heterocycles. The summed E-state index contributed by atoms with van der Waals surface area (Å²) in [5, 5.41) is 3.48. The first-order valence-corrected chi connectivity index (χ1v) is 7.52. The van der Waals surface area contributed by atoms with Crippen LogP contribution in [0.5, 0.6) is 5.75 Å². The second-order valence-corrected chi connectivity index (χ2v) is 6.35. The Kier molecular flexibility index (Phi) is 7.00. The zero-order valence-corrected chi connectivity index (χ0v) is 13.3. The minimum absolute atomic E-state index is 0.207. The molecule has 0 heterocycles. The van der Waals surface area contributed by atoms with Crippen molar-refractivity contribution in [2.75, 3.05) is 13.2 Å². The van der Waals surface area contributed by atoms with Crippen LogP contribution in [0.1, 0.15) is 52.0 Å². The van der Waals surface area contributed by atoms with Crippen LogP contribution < -0.4 is 10.1 Å². The van der Waals surface area contributed by atoms with Crippen molar-refractivity contribution in [1.29, 1.82) is 0 Å². The normalized spacial score (nSPS) is 11.7. The molecule has 0 aliphatic carbocycles. The maximum atomic E-state index is 12.9. The minimum Gasteiger partial charge on any atom is -0.493 e. The molecule has 1 aromatic carbocycles. The summed E-state index contributed by atoms with van der Waals surface area (Å²) < 4.78 is 18.6. The van der Waals surface area contributed by atoms with Crippen LogP contribution in [0.25, 0.3) is 0 Å². The first-order valence-electron chi connectivity index (χ1n) is 7.52. The summed E-state index contributed by atoms with van der Waals surface area (Å²) in [6.07, 6.45) is 4.64. The van der Waals surface area contributed by atoms with E-state index in [9.17, 15) is 4.39 Å². The molecule has 3 heteroatoms. The fourth-order valence-corrected chi connectivity index (χ4v) is 2.00. The van der Waals surface area contributed by atoms with Gasteiger partial charge in [0.1, 0.15) is 11.6 Å². The zero-order chi connectivity index (χ0) is 15.0. The summed E-state index contributed by atoms with van der Waals surface area (Å²) in [5.74, 6) is 0.585. The number of hydrogen-bond donors (Lipinski definition) is 1. The van der Waals surface area contributed by atoms with E-state index in [-0.39, 0.29) is 11.4 Å². The van der Waals surface area contributed by atoms with Crippen molar-refractivity contribution in [2.24, 2.45) is 0 Å². The first-order chi connectivity index (χ1) is 9.38. The molecular weight excluding hydrogens is 253 g/mol. The summed E-state index contributed by atoms with van der Waals surface area (Å²) in [5.41, 5.74) is 1.07. The van der Waals surface area contributed by atoms with Crippen molar-refractivity contribution < 1.29 is 9.13 Å². The second kappa shape index (κ2) is 8.25. The molecule has 1 N–H and O–H groups in total. The maximum absolute atomic E-state index is 12.9. The van der Waals surface area contributed by atoms with Crippen LogP contribution in [0.2, 0.25) is 0 Å². The van der Waals surface area contributed by atoms with Gasteiger partial charge in [0.15, 0.2) is 0 Å². The third kappa shape index (κ3) is 7.49. The number of aryl methyl sites for hydroxylation is 1. The van der Waals surface area contributed by atoms with Crippen molar-refractivity contribution in [1.82, 2.24) is 5.32 Å². The molecule has 0 radical (unpaired) electrons. The average Bonchev–Trinajstić information content (AvgIpc) is 2.33. The number of rotatable bonds is 8. The number of halogens is 1. The Morgan fingerprint density at radius 2 is 1.80 bits per heavy atom. The minimum atomic E-state index is -0.207. The quantitative estimate of drug-likeness (QED) is 0.710. The lowest BCUT2D eigenvalue weighted by molar-refractivity contribution is 0.301. The fourth-order valence-electron chi connectivity index (χ4n) is 2.00. The molecule has 0 aliphatic heterocycles. The van der Waals surface area contributed by atoms with Crippen molar-refractivity contribution >= 4 is 0 Å². The molecule has 1 rings (SSSR count). The van der Waals surface area contributed by atoms with Gasteiger partial charge < -0.3 is 10.1 Å². The Bertz CT molecular complexity index is 398. The van der Waals surface area contributed by atoms with Gasteiger partial charge in [-0.25, -0.2) is 4.39 Å². The standard InChI is InChI=1S/C17H28FNO/c1-14-13-15(18)9-10-16(14)20-12-8-6-5-7-11-19-17(2,3)4/h9-10,13,19H,5-8,11-12H2,1-4H3. The molecule has 0 saturated heterocycles. The van der Waals surface area contributed by atoms with E-state index < -0.39 is 0 Å². The summed E-state index contributed by atoms with van der Waals surface area (Å²) in [4.78, 5) is 0. The van der Waals surface area contributed by atoms with Crippen LogP contribution in [-0.2, 0) is 0 Å². The predicted octanol–water partition coefficient (Wildman–Crippen LogP) is 4.46. The highest BCUT2D eigenvalue weighted by molar-refractivity contribution is 5.32. The predicted molar refractivity (Wildman–Crippen MR) is 82.9 cm³/mol. The van der Waals surface area contributed by atoms with Crippen LogP contribution in [0.3, 0.4) is 0 Å². The molecule has 114 valence electrons. The van der Waals surface area contributed by atoms with Gasteiger partial charge in [-0.2, -0.15) is 0 Å². The monoisotopic (exact) mass is 281 g/mol. The van der Waals surface area contributed by atoms with Gasteiger partial charge in [-0.3, -0.25) is 0 Å². The Morgan fingerprint density at radius 3 is 2.45 bits per heavy atom. The van der Waals surface area contributed by atoms with Gasteiger partial charge in [0.2, 0.25) is 0 Å². The highest BCUT2D eigenvalue weighted by Gasteiger charge is 2.06. The lowest BCUT2D eigenvalue weighted by atomic mass is 10.1. The zero-order valence-electron chi connectivity index (χ0n) is 13.3. The van der Waals surface area contributed by atoms with Gasteiger partial charge in [-0.05, 0) is 70.8 Å². The molecule has 0 amide bonds. The number of ether oxygens (including phenoxy) is 1. The Labute approximate surface area is 122 Å². The number of nitrogens with one attached hydrogen (secondary N) is 1. The molecule has 0 aliphatic rings. The fraction of sp³-hybridized carbons (Fsp3) is 0.647. The Morgan fingerprint density at radius 1 is 1.10 bits per heavy atom. The molecule has 0 unspecified atom stereocenters. The summed E-state index contributed by atoms with van der Waals surface area (Å²) in [6.45, 7) is 10.2. The molecule has 2 nitrogen and oxygen atoms in total. The highest BCUT2D eigenvalue weighted by Crippen LogP contribution is 2.18.